The van der Waals surface area contributed by atoms with E-state index < -0.39 is 17.6 Å². The highest BCUT2D eigenvalue weighted by molar-refractivity contribution is 6.13. The number of hydrogen-bond donors (Lipinski definition) is 0. The zero-order valence-corrected chi connectivity index (χ0v) is 22.2. The molecule has 0 aliphatic carbocycles. The van der Waals surface area contributed by atoms with Crippen molar-refractivity contribution < 1.29 is 22.7 Å². The van der Waals surface area contributed by atoms with E-state index in [2.05, 4.69) is 15.1 Å². The van der Waals surface area contributed by atoms with Gasteiger partial charge in [0.25, 0.3) is 5.91 Å². The molecule has 206 valence electrons. The molecule has 10 heteroatoms. The van der Waals surface area contributed by atoms with Crippen molar-refractivity contribution in [3.05, 3.63) is 89.2 Å². The molecule has 1 saturated heterocycles. The Balaban J connectivity index is 1.46. The van der Waals surface area contributed by atoms with Crippen molar-refractivity contribution in [2.45, 2.75) is 32.3 Å². The summed E-state index contributed by atoms with van der Waals surface area (Å²) in [4.78, 5) is 17.4. The lowest BCUT2D eigenvalue weighted by molar-refractivity contribution is -0.138. The summed E-state index contributed by atoms with van der Waals surface area (Å²) in [6.45, 7) is 3.82. The van der Waals surface area contributed by atoms with Crippen LogP contribution in [0.3, 0.4) is 0 Å². The molecular formula is C30H28F3N5O2. The zero-order chi connectivity index (χ0) is 28.0. The molecular weight excluding hydrogens is 519 g/mol. The van der Waals surface area contributed by atoms with Crippen LogP contribution in [0.15, 0.2) is 67.0 Å². The van der Waals surface area contributed by atoms with Crippen LogP contribution in [-0.4, -0.2) is 51.4 Å². The van der Waals surface area contributed by atoms with Gasteiger partial charge in [-0.3, -0.25) is 9.69 Å². The number of morpholine rings is 1. The lowest BCUT2D eigenvalue weighted by Gasteiger charge is -2.31. The number of halogens is 3. The molecule has 0 radical (unpaired) electrons. The van der Waals surface area contributed by atoms with Gasteiger partial charge in [-0.2, -0.15) is 13.2 Å². The molecule has 2 aliphatic rings. The van der Waals surface area contributed by atoms with Crippen LogP contribution in [0.4, 0.5) is 18.9 Å². The molecule has 1 unspecified atom stereocenters. The number of nitrogens with zero attached hydrogens (tertiary/aromatic N) is 5. The SMILES string of the molecule is CC1CN(Cc2cc3c(c(C(F)(F)F)c2)CN(c2cccc(-c4ccccc4)c2-c2nncn2C)C3=O)CCO1. The van der Waals surface area contributed by atoms with Gasteiger partial charge in [-0.05, 0) is 47.4 Å². The Labute approximate surface area is 229 Å². The average Bonchev–Trinajstić information content (AvgIpc) is 3.50. The second kappa shape index (κ2) is 10.2. The van der Waals surface area contributed by atoms with E-state index in [0.29, 0.717) is 48.9 Å². The van der Waals surface area contributed by atoms with E-state index >= 15 is 0 Å². The number of aryl methyl sites for hydroxylation is 1. The van der Waals surface area contributed by atoms with E-state index in [-0.39, 0.29) is 23.8 Å². The van der Waals surface area contributed by atoms with Crippen LogP contribution in [0.1, 0.15) is 34.0 Å². The van der Waals surface area contributed by atoms with E-state index in [9.17, 15) is 18.0 Å². The molecule has 0 N–H and O–H groups in total. The Bertz CT molecular complexity index is 1570. The molecule has 1 aromatic heterocycles. The first-order valence-corrected chi connectivity index (χ1v) is 13.1. The zero-order valence-electron chi connectivity index (χ0n) is 22.2. The van der Waals surface area contributed by atoms with Crippen LogP contribution in [0.5, 0.6) is 0 Å². The summed E-state index contributed by atoms with van der Waals surface area (Å²) < 4.78 is 50.4. The number of anilines is 1. The number of benzene rings is 3. The van der Waals surface area contributed by atoms with Gasteiger partial charge in [0.15, 0.2) is 5.82 Å². The monoisotopic (exact) mass is 547 g/mol. The molecule has 3 heterocycles. The summed E-state index contributed by atoms with van der Waals surface area (Å²) in [6.07, 6.45) is -3.05. The van der Waals surface area contributed by atoms with E-state index in [1.807, 2.05) is 49.4 Å². The van der Waals surface area contributed by atoms with E-state index in [4.69, 9.17) is 4.74 Å². The number of amides is 1. The topological polar surface area (TPSA) is 63.5 Å². The van der Waals surface area contributed by atoms with E-state index in [0.717, 1.165) is 11.1 Å². The van der Waals surface area contributed by atoms with Gasteiger partial charge >= 0.3 is 6.18 Å². The van der Waals surface area contributed by atoms with Gasteiger partial charge < -0.3 is 14.2 Å². The standard InChI is InChI=1S/C30H28F3N5O2/c1-19-15-37(11-12-40-19)16-20-13-23-24(25(14-20)30(31,32)33)17-38(29(23)39)26-10-6-9-22(21-7-4-3-5-8-21)27(26)28-35-34-18-36(28)2/h3-10,13-14,18-19H,11-12,15-17H2,1-2H3. The quantitative estimate of drug-likeness (QED) is 0.328. The third-order valence-electron chi connectivity index (χ3n) is 7.49. The van der Waals surface area contributed by atoms with Crippen molar-refractivity contribution in [1.82, 2.24) is 19.7 Å². The Kier molecular flexibility index (Phi) is 6.67. The highest BCUT2D eigenvalue weighted by Crippen LogP contribution is 2.44. The number of carbonyl (C=O) groups excluding carboxylic acids is 1. The maximum Gasteiger partial charge on any atom is 0.416 e. The third-order valence-corrected chi connectivity index (χ3v) is 7.49. The number of hydrogen-bond acceptors (Lipinski definition) is 5. The largest absolute Gasteiger partial charge is 0.416 e. The van der Waals surface area contributed by atoms with Crippen molar-refractivity contribution in [3.63, 3.8) is 0 Å². The summed E-state index contributed by atoms with van der Waals surface area (Å²) >= 11 is 0. The molecule has 40 heavy (non-hydrogen) atoms. The fourth-order valence-corrected chi connectivity index (χ4v) is 5.67. The first kappa shape index (κ1) is 26.2. The molecule has 3 aromatic carbocycles. The van der Waals surface area contributed by atoms with Gasteiger partial charge in [0.2, 0.25) is 0 Å². The minimum atomic E-state index is -4.60. The van der Waals surface area contributed by atoms with Crippen molar-refractivity contribution in [3.8, 4) is 22.5 Å². The highest BCUT2D eigenvalue weighted by atomic mass is 19.4. The lowest BCUT2D eigenvalue weighted by Crippen LogP contribution is -2.40. The first-order chi connectivity index (χ1) is 19.2. The molecule has 7 nitrogen and oxygen atoms in total. The second-order valence-corrected chi connectivity index (χ2v) is 10.3. The number of alkyl halides is 3. The predicted octanol–water partition coefficient (Wildman–Crippen LogP) is 5.55. The van der Waals surface area contributed by atoms with Crippen LogP contribution in [0, 0.1) is 0 Å². The second-order valence-electron chi connectivity index (χ2n) is 10.3. The fourth-order valence-electron chi connectivity index (χ4n) is 5.67. The Morgan fingerprint density at radius 3 is 2.55 bits per heavy atom. The number of aromatic nitrogens is 3. The van der Waals surface area contributed by atoms with Crippen LogP contribution in [0.25, 0.3) is 22.5 Å². The Morgan fingerprint density at radius 1 is 1.05 bits per heavy atom. The minimum Gasteiger partial charge on any atom is -0.376 e. The predicted molar refractivity (Wildman–Crippen MR) is 145 cm³/mol. The summed E-state index contributed by atoms with van der Waals surface area (Å²) in [5.74, 6) is 0.0442. The van der Waals surface area contributed by atoms with E-state index in [1.165, 1.54) is 11.0 Å². The highest BCUT2D eigenvalue weighted by Gasteiger charge is 2.41. The maximum absolute atomic E-state index is 14.4. The average molecular weight is 548 g/mol. The fraction of sp³-hybridized carbons (Fsp3) is 0.300. The van der Waals surface area contributed by atoms with Gasteiger partial charge in [0.05, 0.1) is 36.1 Å². The van der Waals surface area contributed by atoms with E-state index in [1.54, 1.807) is 30.1 Å². The molecule has 1 amide bonds. The van der Waals surface area contributed by atoms with Gasteiger partial charge in [0.1, 0.15) is 6.33 Å². The number of ether oxygens (including phenoxy) is 1. The normalized spacial score (nSPS) is 17.9. The number of fused-ring (bicyclic) bond motifs is 1. The third kappa shape index (κ3) is 4.77. The van der Waals surface area contributed by atoms with Crippen molar-refractivity contribution in [2.24, 2.45) is 7.05 Å². The first-order valence-electron chi connectivity index (χ1n) is 13.1. The summed E-state index contributed by atoms with van der Waals surface area (Å²) in [7, 11) is 1.79. The van der Waals surface area contributed by atoms with Crippen LogP contribution >= 0.6 is 0 Å². The van der Waals surface area contributed by atoms with Crippen LogP contribution in [-0.2, 0) is 31.1 Å². The number of rotatable bonds is 5. The molecule has 0 spiro atoms. The molecule has 4 aromatic rings. The molecule has 1 atom stereocenters. The van der Waals surface area contributed by atoms with Crippen LogP contribution < -0.4 is 4.90 Å². The Hall–Kier alpha value is -4.02. The van der Waals surface area contributed by atoms with Crippen molar-refractivity contribution in [1.29, 1.82) is 0 Å². The maximum atomic E-state index is 14.4. The molecule has 1 fully saturated rings. The summed E-state index contributed by atoms with van der Waals surface area (Å²) in [5, 5.41) is 8.32. The molecule has 2 aliphatic heterocycles. The van der Waals surface area contributed by atoms with Gasteiger partial charge in [-0.15, -0.1) is 10.2 Å². The van der Waals surface area contributed by atoms with Gasteiger partial charge in [0, 0.05) is 32.2 Å². The van der Waals surface area contributed by atoms with Crippen molar-refractivity contribution in [2.75, 3.05) is 24.6 Å². The molecule has 0 saturated carbocycles. The summed E-state index contributed by atoms with van der Waals surface area (Å²) in [5.41, 5.74) is 2.58. The number of carbonyl (C=O) groups is 1. The van der Waals surface area contributed by atoms with Crippen LogP contribution in [0.2, 0.25) is 0 Å². The smallest absolute Gasteiger partial charge is 0.376 e. The van der Waals surface area contributed by atoms with Crippen molar-refractivity contribution >= 4 is 11.6 Å². The molecule has 0 bridgehead atoms. The Morgan fingerprint density at radius 2 is 1.85 bits per heavy atom. The minimum absolute atomic E-state index is 0.00156. The molecule has 6 rings (SSSR count). The van der Waals surface area contributed by atoms with Gasteiger partial charge in [-0.1, -0.05) is 42.5 Å². The van der Waals surface area contributed by atoms with Gasteiger partial charge in [-0.25, -0.2) is 0 Å². The lowest BCUT2D eigenvalue weighted by atomic mass is 9.97. The summed E-state index contributed by atoms with van der Waals surface area (Å²) in [6, 6.07) is 17.9.